The Hall–Kier alpha value is -3.27. The zero-order valence-electron chi connectivity index (χ0n) is 20.6. The smallest absolute Gasteiger partial charge is 0.419 e. The van der Waals surface area contributed by atoms with E-state index >= 15 is 0 Å². The zero-order chi connectivity index (χ0) is 27.2. The summed E-state index contributed by atoms with van der Waals surface area (Å²) in [7, 11) is 1.98. The maximum atomic E-state index is 13.6. The molecule has 3 fully saturated rings. The molecule has 12 heteroatoms. The number of nitriles is 1. The van der Waals surface area contributed by atoms with Crippen LogP contribution in [-0.4, -0.2) is 63.9 Å². The van der Waals surface area contributed by atoms with Crippen LogP contribution in [0, 0.1) is 11.3 Å². The summed E-state index contributed by atoms with van der Waals surface area (Å²) >= 11 is 5.65. The molecule has 3 heterocycles. The molecule has 200 valence electrons. The monoisotopic (exact) mass is 545 g/mol. The predicted molar refractivity (Wildman–Crippen MR) is 137 cm³/mol. The number of likely N-dealkylation sites (N-methyl/N-ethyl adjacent to an activating group) is 1. The van der Waals surface area contributed by atoms with Gasteiger partial charge in [-0.2, -0.15) is 18.4 Å². The van der Waals surface area contributed by atoms with E-state index in [-0.39, 0.29) is 29.6 Å². The first-order valence-electron chi connectivity index (χ1n) is 12.3. The minimum atomic E-state index is -4.81. The van der Waals surface area contributed by atoms with Crippen LogP contribution in [0.5, 0.6) is 5.75 Å². The normalized spacial score (nSPS) is 23.5. The first-order chi connectivity index (χ1) is 18.1. The number of hydrogen-bond acceptors (Lipinski definition) is 7. The number of likely N-dealkylation sites (tertiary alicyclic amines) is 1. The number of carbonyl (C=O) groups is 1. The number of halogens is 3. The van der Waals surface area contributed by atoms with Gasteiger partial charge in [0.1, 0.15) is 23.5 Å². The topological polar surface area (TPSA) is 92.9 Å². The van der Waals surface area contributed by atoms with Crippen molar-refractivity contribution in [3.63, 3.8) is 0 Å². The van der Waals surface area contributed by atoms with E-state index in [0.29, 0.717) is 30.7 Å². The highest BCUT2D eigenvalue weighted by molar-refractivity contribution is 7.81. The van der Waals surface area contributed by atoms with Gasteiger partial charge in [-0.15, -0.1) is 0 Å². The van der Waals surface area contributed by atoms with Crippen molar-refractivity contribution >= 4 is 34.6 Å². The Bertz CT molecular complexity index is 1290. The number of pyridine rings is 1. The molecule has 2 aliphatic heterocycles. The summed E-state index contributed by atoms with van der Waals surface area (Å²) < 4.78 is 46.9. The summed E-state index contributed by atoms with van der Waals surface area (Å²) in [5.74, 6) is 0.233. The number of rotatable bonds is 5. The van der Waals surface area contributed by atoms with Gasteiger partial charge in [0.25, 0.3) is 5.91 Å². The average molecular weight is 546 g/mol. The molecule has 1 saturated carbocycles. The van der Waals surface area contributed by atoms with Crippen molar-refractivity contribution in [1.82, 2.24) is 9.88 Å². The van der Waals surface area contributed by atoms with Crippen molar-refractivity contribution in [2.75, 3.05) is 30.0 Å². The first kappa shape index (κ1) is 26.3. The Morgan fingerprint density at radius 1 is 1.26 bits per heavy atom. The molecule has 3 aliphatic rings. The molecule has 2 aromatic rings. The van der Waals surface area contributed by atoms with Crippen LogP contribution in [0.1, 0.15) is 43.4 Å². The molecule has 2 saturated heterocycles. The molecular weight excluding hydrogens is 519 g/mol. The standard InChI is InChI=1S/C26H26F3N5O3S/c1-32-10-7-20(11-18(32)15-35)37-19-5-3-16(4-6-19)34-24(38)33(23(36)25(34)8-2-9-25)17-12-21(26(27,28)29)22(13-30)31-14-17/h3-6,12,14,18,20,35H,2,7-11,15H2,1H3/t18-,20+/m0/s1. The third kappa shape index (κ3) is 4.38. The van der Waals surface area contributed by atoms with Gasteiger partial charge >= 0.3 is 6.18 Å². The number of carbonyl (C=O) groups excluding carboxylic acids is 1. The van der Waals surface area contributed by atoms with Gasteiger partial charge in [-0.3, -0.25) is 9.69 Å². The number of alkyl halides is 3. The molecule has 1 amide bonds. The maximum absolute atomic E-state index is 13.6. The molecule has 2 atom stereocenters. The number of hydrogen-bond donors (Lipinski definition) is 1. The average Bonchev–Trinajstić information content (AvgIpc) is 3.11. The Balaban J connectivity index is 1.41. The lowest BCUT2D eigenvalue weighted by molar-refractivity contribution is -0.138. The van der Waals surface area contributed by atoms with E-state index in [0.717, 1.165) is 36.5 Å². The molecule has 1 N–H and O–H groups in total. The van der Waals surface area contributed by atoms with Gasteiger partial charge in [0.05, 0.1) is 24.1 Å². The Morgan fingerprint density at radius 2 is 1.97 bits per heavy atom. The number of amides is 1. The summed E-state index contributed by atoms with van der Waals surface area (Å²) in [6.07, 6.45) is -0.445. The Morgan fingerprint density at radius 3 is 2.55 bits per heavy atom. The number of aliphatic hydroxyl groups excluding tert-OH is 1. The van der Waals surface area contributed by atoms with Crippen molar-refractivity contribution in [2.24, 2.45) is 0 Å². The lowest BCUT2D eigenvalue weighted by Crippen LogP contribution is -2.55. The highest BCUT2D eigenvalue weighted by Crippen LogP contribution is 2.48. The quantitative estimate of drug-likeness (QED) is 0.567. The van der Waals surface area contributed by atoms with Crippen LogP contribution in [-0.2, 0) is 11.0 Å². The molecule has 1 aromatic heterocycles. The third-order valence-electron chi connectivity index (χ3n) is 7.71. The number of aliphatic hydroxyl groups is 1. The van der Waals surface area contributed by atoms with E-state index in [2.05, 4.69) is 9.88 Å². The first-order valence-corrected chi connectivity index (χ1v) is 12.7. The molecule has 1 aliphatic carbocycles. The van der Waals surface area contributed by atoms with Crippen molar-refractivity contribution < 1.29 is 27.8 Å². The number of anilines is 2. The minimum absolute atomic E-state index is 0.0381. The van der Waals surface area contributed by atoms with Crippen molar-refractivity contribution in [1.29, 1.82) is 5.26 Å². The lowest BCUT2D eigenvalue weighted by atomic mass is 9.75. The maximum Gasteiger partial charge on any atom is 0.419 e. The zero-order valence-corrected chi connectivity index (χ0v) is 21.4. The molecule has 1 aromatic carbocycles. The third-order valence-corrected chi connectivity index (χ3v) is 8.07. The van der Waals surface area contributed by atoms with Gasteiger partial charge in [-0.1, -0.05) is 0 Å². The number of nitrogens with zero attached hydrogens (tertiary/aromatic N) is 5. The molecule has 0 radical (unpaired) electrons. The number of aromatic nitrogens is 1. The fourth-order valence-corrected chi connectivity index (χ4v) is 5.88. The molecule has 38 heavy (non-hydrogen) atoms. The van der Waals surface area contributed by atoms with Crippen LogP contribution in [0.4, 0.5) is 24.5 Å². The molecule has 8 nitrogen and oxygen atoms in total. The van der Waals surface area contributed by atoms with E-state index in [4.69, 9.17) is 22.2 Å². The van der Waals surface area contributed by atoms with Crippen LogP contribution >= 0.6 is 12.2 Å². The lowest BCUT2D eigenvalue weighted by Gasteiger charge is -2.43. The summed E-state index contributed by atoms with van der Waals surface area (Å²) in [5.41, 5.74) is -2.45. The second kappa shape index (κ2) is 9.80. The van der Waals surface area contributed by atoms with Gasteiger partial charge in [0, 0.05) is 24.7 Å². The van der Waals surface area contributed by atoms with Crippen LogP contribution in [0.3, 0.4) is 0 Å². The number of piperidine rings is 1. The van der Waals surface area contributed by atoms with Gasteiger partial charge < -0.3 is 19.6 Å². The van der Waals surface area contributed by atoms with Crippen LogP contribution in [0.2, 0.25) is 0 Å². The SMILES string of the molecule is CN1CC[C@@H](Oc2ccc(N3C(=S)N(c4cnc(C#N)c(C(F)(F)F)c4)C(=O)C34CCC4)cc2)C[C@H]1CO. The van der Waals surface area contributed by atoms with E-state index in [9.17, 15) is 23.1 Å². The van der Waals surface area contributed by atoms with E-state index in [1.54, 1.807) is 29.2 Å². The van der Waals surface area contributed by atoms with E-state index in [1.807, 2.05) is 7.05 Å². The molecule has 1 spiro atoms. The van der Waals surface area contributed by atoms with Crippen LogP contribution in [0.25, 0.3) is 0 Å². The Labute approximate surface area is 223 Å². The minimum Gasteiger partial charge on any atom is -0.490 e. The van der Waals surface area contributed by atoms with Crippen LogP contribution in [0.15, 0.2) is 36.5 Å². The number of benzene rings is 1. The largest absolute Gasteiger partial charge is 0.490 e. The van der Waals surface area contributed by atoms with Gasteiger partial charge in [-0.25, -0.2) is 4.98 Å². The summed E-state index contributed by atoms with van der Waals surface area (Å²) in [6.45, 7) is 0.879. The van der Waals surface area contributed by atoms with E-state index in [1.165, 1.54) is 6.07 Å². The highest BCUT2D eigenvalue weighted by atomic mass is 32.1. The molecular formula is C26H26F3N5O3S. The second-order valence-electron chi connectivity index (χ2n) is 9.92. The van der Waals surface area contributed by atoms with Crippen LogP contribution < -0.4 is 14.5 Å². The number of thiocarbonyl (C=S) groups is 1. The fourth-order valence-electron chi connectivity index (χ4n) is 5.41. The van der Waals surface area contributed by atoms with E-state index < -0.39 is 28.9 Å². The summed E-state index contributed by atoms with van der Waals surface area (Å²) in [5, 5.41) is 18.7. The summed E-state index contributed by atoms with van der Waals surface area (Å²) in [4.78, 5) is 22.2. The fraction of sp³-hybridized carbons (Fsp3) is 0.462. The van der Waals surface area contributed by atoms with Crippen molar-refractivity contribution in [3.05, 3.63) is 47.8 Å². The molecule has 5 rings (SSSR count). The van der Waals surface area contributed by atoms with Crippen molar-refractivity contribution in [2.45, 2.75) is 56.0 Å². The highest BCUT2D eigenvalue weighted by Gasteiger charge is 2.59. The number of ether oxygens (including phenoxy) is 1. The molecule has 0 bridgehead atoms. The second-order valence-corrected chi connectivity index (χ2v) is 10.3. The van der Waals surface area contributed by atoms with Gasteiger partial charge in [0.15, 0.2) is 10.8 Å². The van der Waals surface area contributed by atoms with Gasteiger partial charge in [-0.05, 0) is 75.3 Å². The van der Waals surface area contributed by atoms with Gasteiger partial charge in [0.2, 0.25) is 0 Å². The predicted octanol–water partition coefficient (Wildman–Crippen LogP) is 3.87. The molecule has 0 unspecified atom stereocenters. The van der Waals surface area contributed by atoms with Crippen molar-refractivity contribution in [3.8, 4) is 11.8 Å². The summed E-state index contributed by atoms with van der Waals surface area (Å²) in [6, 6.07) is 9.40. The Kier molecular flexibility index (Phi) is 6.79.